The molecule has 4 aromatic rings. The Balaban J connectivity index is 1.37. The first kappa shape index (κ1) is 22.6. The minimum Gasteiger partial charge on any atom is -0.455 e. The largest absolute Gasteiger partial charge is 0.455 e. The van der Waals surface area contributed by atoms with Crippen LogP contribution >= 0.6 is 0 Å². The van der Waals surface area contributed by atoms with Crippen LogP contribution in [0.1, 0.15) is 39.1 Å². The Morgan fingerprint density at radius 1 is 0.886 bits per heavy atom. The third-order valence-corrected chi connectivity index (χ3v) is 6.56. The Morgan fingerprint density at radius 2 is 1.54 bits per heavy atom. The van der Waals surface area contributed by atoms with Gasteiger partial charge in [0.15, 0.2) is 11.0 Å². The van der Waals surface area contributed by atoms with Gasteiger partial charge in [-0.05, 0) is 44.0 Å². The molecule has 1 N–H and O–H groups in total. The van der Waals surface area contributed by atoms with Crippen molar-refractivity contribution in [3.05, 3.63) is 106 Å². The number of hydrogen-bond donors (Lipinski definition) is 1. The monoisotopic (exact) mass is 466 g/mol. The van der Waals surface area contributed by atoms with Gasteiger partial charge in [0.1, 0.15) is 5.76 Å². The molecule has 3 aromatic carbocycles. The fourth-order valence-corrected chi connectivity index (χ4v) is 4.60. The van der Waals surface area contributed by atoms with Gasteiger partial charge in [-0.15, -0.1) is 0 Å². The second kappa shape index (κ2) is 9.58. The lowest BCUT2D eigenvalue weighted by Gasteiger charge is -2.32. The van der Waals surface area contributed by atoms with Crippen LogP contribution in [0.5, 0.6) is 0 Å². The van der Waals surface area contributed by atoms with Crippen molar-refractivity contribution in [2.75, 3.05) is 13.1 Å². The van der Waals surface area contributed by atoms with Crippen LogP contribution in [0.15, 0.2) is 88.1 Å². The Hall–Kier alpha value is -4.19. The summed E-state index contributed by atoms with van der Waals surface area (Å²) in [5, 5.41) is 3.47. The van der Waals surface area contributed by atoms with E-state index in [1.54, 1.807) is 42.2 Å². The molecule has 0 aliphatic carbocycles. The molecule has 35 heavy (non-hydrogen) atoms. The predicted molar refractivity (Wildman–Crippen MR) is 135 cm³/mol. The van der Waals surface area contributed by atoms with Crippen molar-refractivity contribution in [1.29, 1.82) is 0 Å². The number of nitrogens with one attached hydrogen (secondary N) is 1. The molecule has 0 bridgehead atoms. The number of carbonyl (C=O) groups is 2. The summed E-state index contributed by atoms with van der Waals surface area (Å²) in [6, 6.07) is 23.7. The van der Waals surface area contributed by atoms with Crippen LogP contribution in [-0.4, -0.2) is 35.8 Å². The Kier molecular flexibility index (Phi) is 6.19. The number of benzene rings is 3. The molecule has 1 fully saturated rings. The quantitative estimate of drug-likeness (QED) is 0.468. The fourth-order valence-electron chi connectivity index (χ4n) is 4.60. The van der Waals surface area contributed by atoms with Crippen molar-refractivity contribution in [3.8, 4) is 11.3 Å². The van der Waals surface area contributed by atoms with E-state index in [2.05, 4.69) is 5.32 Å². The molecule has 0 radical (unpaired) electrons. The predicted octanol–water partition coefficient (Wildman–Crippen LogP) is 4.80. The highest BCUT2D eigenvalue weighted by Gasteiger charge is 2.27. The van der Waals surface area contributed by atoms with E-state index in [0.717, 1.165) is 5.56 Å². The topological polar surface area (TPSA) is 79.6 Å². The first-order chi connectivity index (χ1) is 17.0. The number of fused-ring (bicyclic) bond motifs is 1. The third-order valence-electron chi connectivity index (χ3n) is 6.56. The number of carbonyl (C=O) groups excluding carboxylic acids is 2. The van der Waals surface area contributed by atoms with Crippen LogP contribution in [0.2, 0.25) is 0 Å². The van der Waals surface area contributed by atoms with E-state index in [1.165, 1.54) is 0 Å². The highest BCUT2D eigenvalue weighted by molar-refractivity contribution is 6.05. The smallest absolute Gasteiger partial charge is 0.257 e. The first-order valence-corrected chi connectivity index (χ1v) is 11.8. The molecule has 6 heteroatoms. The van der Waals surface area contributed by atoms with Gasteiger partial charge in [0, 0.05) is 35.8 Å². The Bertz CT molecular complexity index is 1440. The minimum atomic E-state index is -0.172. The zero-order chi connectivity index (χ0) is 24.4. The molecule has 2 amide bonds. The van der Waals surface area contributed by atoms with Crippen LogP contribution in [-0.2, 0) is 0 Å². The van der Waals surface area contributed by atoms with Crippen LogP contribution in [0, 0.1) is 6.92 Å². The Morgan fingerprint density at radius 3 is 2.23 bits per heavy atom. The average Bonchev–Trinajstić information content (AvgIpc) is 2.91. The van der Waals surface area contributed by atoms with Crippen molar-refractivity contribution < 1.29 is 14.0 Å². The lowest BCUT2D eigenvalue weighted by Crippen LogP contribution is -2.46. The molecule has 1 aliphatic rings. The van der Waals surface area contributed by atoms with Gasteiger partial charge >= 0.3 is 0 Å². The van der Waals surface area contributed by atoms with Crippen LogP contribution < -0.4 is 10.7 Å². The maximum Gasteiger partial charge on any atom is 0.257 e. The summed E-state index contributed by atoms with van der Waals surface area (Å²) >= 11 is 0. The van der Waals surface area contributed by atoms with Crippen LogP contribution in [0.25, 0.3) is 22.3 Å². The van der Waals surface area contributed by atoms with Crippen molar-refractivity contribution >= 4 is 22.8 Å². The van der Waals surface area contributed by atoms with Crippen molar-refractivity contribution in [2.45, 2.75) is 25.8 Å². The molecule has 176 valence electrons. The Labute approximate surface area is 203 Å². The van der Waals surface area contributed by atoms with Crippen LogP contribution in [0.4, 0.5) is 0 Å². The summed E-state index contributed by atoms with van der Waals surface area (Å²) < 4.78 is 6.22. The van der Waals surface area contributed by atoms with Gasteiger partial charge in [-0.3, -0.25) is 14.4 Å². The molecule has 2 heterocycles. The van der Waals surface area contributed by atoms with E-state index in [4.69, 9.17) is 4.42 Å². The van der Waals surface area contributed by atoms with E-state index >= 15 is 0 Å². The normalized spacial score (nSPS) is 14.1. The fraction of sp³-hybridized carbons (Fsp3) is 0.207. The summed E-state index contributed by atoms with van der Waals surface area (Å²) in [7, 11) is 0. The van der Waals surface area contributed by atoms with E-state index in [0.29, 0.717) is 59.4 Å². The number of rotatable bonds is 4. The third kappa shape index (κ3) is 4.47. The number of likely N-dealkylation sites (tertiary alicyclic amines) is 1. The second-order valence-electron chi connectivity index (χ2n) is 8.84. The minimum absolute atomic E-state index is 0.00420. The summed E-state index contributed by atoms with van der Waals surface area (Å²) in [6.07, 6.45) is 1.32. The number of hydrogen-bond acceptors (Lipinski definition) is 4. The van der Waals surface area contributed by atoms with E-state index in [-0.39, 0.29) is 23.3 Å². The van der Waals surface area contributed by atoms with Gasteiger partial charge in [-0.2, -0.15) is 0 Å². The van der Waals surface area contributed by atoms with Crippen molar-refractivity contribution in [3.63, 3.8) is 0 Å². The second-order valence-corrected chi connectivity index (χ2v) is 8.84. The number of para-hydroxylation sites is 1. The van der Waals surface area contributed by atoms with Gasteiger partial charge in [0.25, 0.3) is 11.8 Å². The molecule has 1 saturated heterocycles. The average molecular weight is 467 g/mol. The lowest BCUT2D eigenvalue weighted by atomic mass is 10.0. The molecule has 0 unspecified atom stereocenters. The summed E-state index contributed by atoms with van der Waals surface area (Å²) in [5.41, 5.74) is 2.49. The zero-order valence-corrected chi connectivity index (χ0v) is 19.5. The molecule has 0 saturated carbocycles. The molecule has 0 spiro atoms. The van der Waals surface area contributed by atoms with Crippen molar-refractivity contribution in [1.82, 2.24) is 10.2 Å². The van der Waals surface area contributed by atoms with Crippen LogP contribution in [0.3, 0.4) is 0 Å². The van der Waals surface area contributed by atoms with Crippen molar-refractivity contribution in [2.24, 2.45) is 0 Å². The highest BCUT2D eigenvalue weighted by atomic mass is 16.3. The van der Waals surface area contributed by atoms with E-state index < -0.39 is 0 Å². The van der Waals surface area contributed by atoms with Gasteiger partial charge in [-0.1, -0.05) is 54.6 Å². The highest BCUT2D eigenvalue weighted by Crippen LogP contribution is 2.28. The van der Waals surface area contributed by atoms with Gasteiger partial charge in [0.05, 0.1) is 10.9 Å². The molecule has 6 nitrogen and oxygen atoms in total. The van der Waals surface area contributed by atoms with E-state index in [1.807, 2.05) is 48.5 Å². The summed E-state index contributed by atoms with van der Waals surface area (Å²) in [5.74, 6) is 0.204. The maximum atomic E-state index is 13.5. The summed E-state index contributed by atoms with van der Waals surface area (Å²) in [4.78, 5) is 40.8. The number of piperidine rings is 1. The first-order valence-electron chi connectivity index (χ1n) is 11.8. The molecule has 1 aromatic heterocycles. The number of amides is 2. The molecular weight excluding hydrogens is 440 g/mol. The summed E-state index contributed by atoms with van der Waals surface area (Å²) in [6.45, 7) is 2.77. The molecule has 5 rings (SSSR count). The molecule has 1 aliphatic heterocycles. The SMILES string of the molecule is Cc1c(-c2ccccc2)oc2c(C(=O)N3CCC(NC(=O)c4ccccc4)CC3)cccc2c1=O. The van der Waals surface area contributed by atoms with Gasteiger partial charge < -0.3 is 14.6 Å². The molecular formula is C29H26N2O4. The number of nitrogens with zero attached hydrogens (tertiary/aromatic N) is 1. The maximum absolute atomic E-state index is 13.5. The molecule has 0 atom stereocenters. The van der Waals surface area contributed by atoms with Gasteiger partial charge in [0.2, 0.25) is 0 Å². The van der Waals surface area contributed by atoms with E-state index in [9.17, 15) is 14.4 Å². The van der Waals surface area contributed by atoms with Gasteiger partial charge in [-0.25, -0.2) is 0 Å². The zero-order valence-electron chi connectivity index (χ0n) is 19.5. The standard InChI is InChI=1S/C29H26N2O4/c1-19-25(32)23-13-8-14-24(27(23)35-26(19)20-9-4-2-5-10-20)29(34)31-17-15-22(16-18-31)30-28(33)21-11-6-3-7-12-21/h2-14,22H,15-18H2,1H3,(H,30,33). The lowest BCUT2D eigenvalue weighted by molar-refractivity contribution is 0.0699.